The van der Waals surface area contributed by atoms with Gasteiger partial charge >= 0.3 is 0 Å². The Morgan fingerprint density at radius 3 is 2.66 bits per heavy atom. The molecule has 1 amide bonds. The molecule has 0 radical (unpaired) electrons. The van der Waals surface area contributed by atoms with E-state index in [4.69, 9.17) is 4.74 Å². The van der Waals surface area contributed by atoms with Gasteiger partial charge in [-0.05, 0) is 61.6 Å². The number of amides is 1. The molecule has 47 heavy (non-hydrogen) atoms. The van der Waals surface area contributed by atoms with Gasteiger partial charge in [0.05, 0.1) is 50.1 Å². The van der Waals surface area contributed by atoms with E-state index in [1.54, 1.807) is 12.1 Å². The molecule has 2 aromatic carbocycles. The van der Waals surface area contributed by atoms with Gasteiger partial charge in [-0.2, -0.15) is 10.2 Å². The third kappa shape index (κ3) is 7.22. The van der Waals surface area contributed by atoms with Crippen LogP contribution in [0.25, 0.3) is 11.4 Å². The Bertz CT molecular complexity index is 1620. The highest BCUT2D eigenvalue weighted by Gasteiger charge is 2.36. The third-order valence-electron chi connectivity index (χ3n) is 9.36. The number of piperidine rings is 1. The number of ether oxygens (including phenoxy) is 1. The van der Waals surface area contributed by atoms with Crippen LogP contribution in [0.4, 0.5) is 21.7 Å². The number of nitrogens with zero attached hydrogens (tertiary/aromatic N) is 8. The summed E-state index contributed by atoms with van der Waals surface area (Å²) in [5.41, 5.74) is 3.62. The minimum absolute atomic E-state index is 0.0716. The van der Waals surface area contributed by atoms with Gasteiger partial charge in [0, 0.05) is 43.1 Å². The summed E-state index contributed by atoms with van der Waals surface area (Å²) in [6, 6.07) is 14.9. The molecule has 4 atom stereocenters. The minimum atomic E-state index is -1.28. The number of hydrogen-bond donors (Lipinski definition) is 2. The van der Waals surface area contributed by atoms with E-state index in [-0.39, 0.29) is 25.1 Å². The molecule has 1 aromatic heterocycles. The molecule has 0 unspecified atom stereocenters. The summed E-state index contributed by atoms with van der Waals surface area (Å²) in [5.74, 6) is -0.0884. The van der Waals surface area contributed by atoms with Crippen molar-refractivity contribution in [1.82, 2.24) is 24.8 Å². The van der Waals surface area contributed by atoms with E-state index in [0.717, 1.165) is 44.2 Å². The van der Waals surface area contributed by atoms with Gasteiger partial charge in [0.15, 0.2) is 11.9 Å². The van der Waals surface area contributed by atoms with Gasteiger partial charge in [-0.25, -0.2) is 14.4 Å². The topological polar surface area (TPSA) is 160 Å². The van der Waals surface area contributed by atoms with Crippen molar-refractivity contribution in [2.45, 2.75) is 44.1 Å². The number of anilines is 3. The quantitative estimate of drug-likeness (QED) is 0.313. The summed E-state index contributed by atoms with van der Waals surface area (Å²) in [6.07, 6.45) is 0.897. The summed E-state index contributed by atoms with van der Waals surface area (Å²) >= 11 is 0. The van der Waals surface area contributed by atoms with Crippen molar-refractivity contribution in [1.29, 1.82) is 5.26 Å². The van der Waals surface area contributed by atoms with E-state index >= 15 is 4.39 Å². The first-order chi connectivity index (χ1) is 22.9. The number of aliphatic hydroxyl groups is 1. The van der Waals surface area contributed by atoms with Crippen molar-refractivity contribution in [2.75, 3.05) is 62.8 Å². The lowest BCUT2D eigenvalue weighted by molar-refractivity contribution is -0.135. The molecular weight excluding hydrogens is 605 g/mol. The zero-order valence-corrected chi connectivity index (χ0v) is 26.2. The number of nitroso groups, excluding NO2 is 1. The summed E-state index contributed by atoms with van der Waals surface area (Å²) in [4.78, 5) is 42.1. The van der Waals surface area contributed by atoms with Crippen LogP contribution in [-0.2, 0) is 16.0 Å². The average Bonchev–Trinajstić information content (AvgIpc) is 3.08. The third-order valence-corrected chi connectivity index (χ3v) is 9.36. The summed E-state index contributed by atoms with van der Waals surface area (Å²) in [5, 5.41) is 25.9. The van der Waals surface area contributed by atoms with E-state index in [1.807, 2.05) is 30.3 Å². The predicted molar refractivity (Wildman–Crippen MR) is 173 cm³/mol. The van der Waals surface area contributed by atoms with Crippen LogP contribution >= 0.6 is 0 Å². The number of carbonyl (C=O) groups excluding carboxylic acids is 1. The summed E-state index contributed by atoms with van der Waals surface area (Å²) in [7, 11) is 0. The van der Waals surface area contributed by atoms with Gasteiger partial charge in [0.2, 0.25) is 5.95 Å². The Hall–Kier alpha value is -4.58. The number of rotatable bonds is 10. The number of benzene rings is 2. The van der Waals surface area contributed by atoms with E-state index < -0.39 is 18.1 Å². The number of nitrogens with one attached hydrogen (secondary N) is 1. The maximum absolute atomic E-state index is 15.1. The lowest BCUT2D eigenvalue weighted by Gasteiger charge is -2.47. The van der Waals surface area contributed by atoms with Gasteiger partial charge in [0.25, 0.3) is 5.91 Å². The number of likely N-dealkylation sites (tertiary alicyclic amines) is 1. The molecule has 6 rings (SSSR count). The monoisotopic (exact) mass is 643 g/mol. The second-order valence-corrected chi connectivity index (χ2v) is 12.3. The molecule has 0 bridgehead atoms. The van der Waals surface area contributed by atoms with E-state index in [1.165, 1.54) is 18.2 Å². The number of hydrogen-bond acceptors (Lipinski definition) is 12. The molecular formula is C33H38FN9O4. The molecule has 14 heteroatoms. The van der Waals surface area contributed by atoms with E-state index in [9.17, 15) is 20.1 Å². The highest BCUT2D eigenvalue weighted by atomic mass is 19.1. The molecule has 0 spiro atoms. The number of carbonyl (C=O) groups is 1. The van der Waals surface area contributed by atoms with Gasteiger partial charge in [0.1, 0.15) is 12.5 Å². The molecule has 0 saturated carbocycles. The van der Waals surface area contributed by atoms with Crippen LogP contribution in [-0.4, -0.2) is 113 Å². The zero-order chi connectivity index (χ0) is 32.9. The lowest BCUT2D eigenvalue weighted by atomic mass is 9.86. The highest BCUT2D eigenvalue weighted by Crippen LogP contribution is 2.29. The number of piperazine rings is 1. The molecule has 3 aliphatic rings. The number of halogens is 1. The zero-order valence-electron chi connectivity index (χ0n) is 26.2. The van der Waals surface area contributed by atoms with Crippen LogP contribution < -0.4 is 10.2 Å². The van der Waals surface area contributed by atoms with Crippen LogP contribution in [0.1, 0.15) is 24.5 Å². The van der Waals surface area contributed by atoms with Crippen molar-refractivity contribution >= 4 is 23.2 Å². The molecule has 3 aromatic rings. The van der Waals surface area contributed by atoms with Gasteiger partial charge in [-0.15, -0.1) is 4.91 Å². The normalized spacial score (nSPS) is 22.6. The number of alkyl halides is 1. The molecule has 3 saturated heterocycles. The van der Waals surface area contributed by atoms with Gasteiger partial charge < -0.3 is 25.0 Å². The Morgan fingerprint density at radius 2 is 1.98 bits per heavy atom. The molecule has 246 valence electrons. The second kappa shape index (κ2) is 14.5. The first-order valence-corrected chi connectivity index (χ1v) is 15.9. The number of aromatic nitrogens is 3. The van der Waals surface area contributed by atoms with Crippen molar-refractivity contribution < 1.29 is 19.0 Å². The van der Waals surface area contributed by atoms with Crippen LogP contribution in [0.5, 0.6) is 0 Å². The smallest absolute Gasteiger partial charge is 0.250 e. The molecule has 2 N–H and O–H groups in total. The fourth-order valence-corrected chi connectivity index (χ4v) is 6.52. The molecule has 3 aliphatic heterocycles. The largest absolute Gasteiger partial charge is 0.395 e. The van der Waals surface area contributed by atoms with Crippen molar-refractivity contribution in [2.24, 2.45) is 11.1 Å². The van der Waals surface area contributed by atoms with Crippen LogP contribution in [0.2, 0.25) is 0 Å². The van der Waals surface area contributed by atoms with Gasteiger partial charge in [-0.1, -0.05) is 17.3 Å². The summed E-state index contributed by atoms with van der Waals surface area (Å²) < 4.78 is 20.4. The molecule has 3 fully saturated rings. The first kappa shape index (κ1) is 32.4. The fraction of sp³-hybridized carbons (Fsp3) is 0.485. The molecule has 0 aliphatic carbocycles. The average molecular weight is 644 g/mol. The van der Waals surface area contributed by atoms with Crippen molar-refractivity contribution in [3.8, 4) is 17.5 Å². The Morgan fingerprint density at radius 1 is 1.17 bits per heavy atom. The predicted octanol–water partition coefficient (Wildman–Crippen LogP) is 2.92. The highest BCUT2D eigenvalue weighted by molar-refractivity contribution is 5.81. The fourth-order valence-electron chi connectivity index (χ4n) is 6.52. The number of nitriles is 1. The second-order valence-electron chi connectivity index (χ2n) is 12.3. The van der Waals surface area contributed by atoms with E-state index in [0.29, 0.717) is 53.9 Å². The maximum atomic E-state index is 15.1. The van der Waals surface area contributed by atoms with Crippen LogP contribution in [0.15, 0.2) is 54.0 Å². The number of aliphatic hydroxyl groups excluding tert-OH is 1. The first-order valence-electron chi connectivity index (χ1n) is 15.9. The molecule has 13 nitrogen and oxygen atoms in total. The van der Waals surface area contributed by atoms with Crippen molar-refractivity contribution in [3.05, 3.63) is 64.8 Å². The van der Waals surface area contributed by atoms with E-state index in [2.05, 4.69) is 41.3 Å². The Labute approximate surface area is 272 Å². The summed E-state index contributed by atoms with van der Waals surface area (Å²) in [6.45, 7) is 5.71. The standard InChI is InChI=1S/C33H38FN9O4/c1-21(40-46)32(45)42-9-8-23(30(34)16-42)12-22-2-3-24(13-25(22)14-35)31-36-20-37-33(39-31)38-26-4-6-27(7-5-26)41-10-11-43(28(15-41)17-44)29-18-47-19-29/h2-7,13,20-21,23,28-30,44H,8-12,15-19H2,1H3,(H,36,37,38,39)/t21-,23+,28+,30+/m0/s1. The maximum Gasteiger partial charge on any atom is 0.250 e. The Balaban J connectivity index is 1.08. The SMILES string of the molecule is C[C@H](N=O)C(=O)N1CC[C@H](Cc2ccc(-c3ncnc(Nc4ccc(N5CCN(C6COC6)[C@@H](CO)C5)cc4)n3)cc2C#N)[C@H](F)C1. The Kier molecular flexibility index (Phi) is 9.95. The van der Waals surface area contributed by atoms with Gasteiger partial charge in [-0.3, -0.25) is 9.69 Å². The van der Waals surface area contributed by atoms with Crippen LogP contribution in [0, 0.1) is 22.2 Å². The van der Waals surface area contributed by atoms with Crippen LogP contribution in [0.3, 0.4) is 0 Å². The lowest BCUT2D eigenvalue weighted by Crippen LogP contribution is -2.62. The molecule has 4 heterocycles. The van der Waals surface area contributed by atoms with Crippen molar-refractivity contribution in [3.63, 3.8) is 0 Å². The minimum Gasteiger partial charge on any atom is -0.395 e.